The minimum absolute atomic E-state index is 0.0339. The Kier molecular flexibility index (Phi) is 11.9. The number of hydrogen-bond donors (Lipinski definition) is 0. The van der Waals surface area contributed by atoms with Crippen LogP contribution in [0, 0.1) is 88.4 Å². The number of benzene rings is 9. The van der Waals surface area contributed by atoms with Crippen LogP contribution in [0.1, 0.15) is 27.8 Å². The fraction of sp³-hybridized carbons (Fsp3) is 0.0169. The summed E-state index contributed by atoms with van der Waals surface area (Å²) < 4.78 is 195. The third-order valence-electron chi connectivity index (χ3n) is 13.6. The van der Waals surface area contributed by atoms with Gasteiger partial charge in [-0.25, -0.2) is 61.5 Å². The van der Waals surface area contributed by atoms with Gasteiger partial charge in [-0.3, -0.25) is 9.59 Å². The first-order valence-electron chi connectivity index (χ1n) is 22.4. The summed E-state index contributed by atoms with van der Waals surface area (Å²) in [5, 5.41) is 6.51. The maximum absolute atomic E-state index is 15.1. The lowest BCUT2D eigenvalue weighted by Gasteiger charge is -2.11. The van der Waals surface area contributed by atoms with Gasteiger partial charge in [0.25, 0.3) is 0 Å². The van der Waals surface area contributed by atoms with Crippen LogP contribution in [0.25, 0.3) is 76.5 Å². The second-order valence-electron chi connectivity index (χ2n) is 17.6. The molecule has 0 saturated heterocycles. The van der Waals surface area contributed by atoms with Gasteiger partial charge in [-0.1, -0.05) is 97.1 Å². The van der Waals surface area contributed by atoms with Gasteiger partial charge in [-0.05, 0) is 112 Å². The molecule has 11 aromatic carbocycles. The fourth-order valence-electron chi connectivity index (χ4n) is 10.1. The molecule has 2 aliphatic carbocycles. The summed E-state index contributed by atoms with van der Waals surface area (Å²) in [5.74, 6) is -27.3. The highest BCUT2D eigenvalue weighted by Crippen LogP contribution is 2.43. The molecule has 0 spiro atoms. The number of hydrogen-bond acceptors (Lipinski definition) is 2. The minimum atomic E-state index is -2.33. The summed E-state index contributed by atoms with van der Waals surface area (Å²) in [7, 11) is 0. The Morgan fingerprint density at radius 3 is 0.961 bits per heavy atom. The molecular weight excluding hydrogens is 1090 g/mol. The molecule has 0 radical (unpaired) electrons. The molecule has 76 heavy (non-hydrogen) atoms. The molecule has 0 aromatic heterocycles. The first-order valence-corrected chi connectivity index (χ1v) is 23.2. The zero-order chi connectivity index (χ0) is 54.1. The number of rotatable bonds is 2. The lowest BCUT2D eigenvalue weighted by molar-refractivity contribution is 0.376. The first kappa shape index (κ1) is 49.8. The van der Waals surface area contributed by atoms with Gasteiger partial charge < -0.3 is 0 Å². The highest BCUT2D eigenvalue weighted by molar-refractivity contribution is 9.10. The molecule has 0 aliphatic heterocycles. The zero-order valence-electron chi connectivity index (χ0n) is 38.0. The van der Waals surface area contributed by atoms with E-state index in [1.807, 2.05) is 60.7 Å². The Labute approximate surface area is 425 Å². The van der Waals surface area contributed by atoms with Crippen LogP contribution in [0.5, 0.6) is 0 Å². The highest BCUT2D eigenvalue weighted by atomic mass is 79.9. The molecule has 376 valence electrons. The van der Waals surface area contributed by atoms with Crippen molar-refractivity contribution in [3.8, 4) is 22.3 Å². The van der Waals surface area contributed by atoms with Gasteiger partial charge in [0.2, 0.25) is 11.6 Å². The van der Waals surface area contributed by atoms with Crippen LogP contribution in [0.2, 0.25) is 0 Å². The molecule has 0 fully saturated rings. The van der Waals surface area contributed by atoms with Crippen molar-refractivity contribution >= 4 is 70.2 Å². The van der Waals surface area contributed by atoms with E-state index in [4.69, 9.17) is 0 Å². The summed E-state index contributed by atoms with van der Waals surface area (Å²) in [6, 6.07) is 33.5. The van der Waals surface area contributed by atoms with E-state index in [-0.39, 0.29) is 65.8 Å². The topological polar surface area (TPSA) is 34.1 Å². The van der Waals surface area contributed by atoms with E-state index in [2.05, 4.69) is 15.9 Å². The Hall–Kier alpha value is -8.44. The standard InChI is InChI=1S/C32H10F10.C20H10O2.C7H3BrF4/c33-23-21(24(34)28(38)31(41)27(23)37)19-13-7-3-1-5-11(13)15-9-18-16(10-17(15)19)12-6-2-4-8-14(12)20(18)22-25(35)29(39)32(42)30(40)26(22)36;21-19-13-7-3-1-5-11(13)15-9-18-16(10-17(15)19)12-6-2-4-8-14(12)20(18)22;1-2-4(9)3(8)6(11)7(12)5(2)10/h1-10H;1-10H;1H3. The van der Waals surface area contributed by atoms with Gasteiger partial charge in [0, 0.05) is 38.3 Å². The Morgan fingerprint density at radius 2 is 0.592 bits per heavy atom. The van der Waals surface area contributed by atoms with E-state index < -0.39 is 103 Å². The molecule has 0 atom stereocenters. The highest BCUT2D eigenvalue weighted by Gasteiger charge is 2.36. The van der Waals surface area contributed by atoms with Crippen molar-refractivity contribution in [1.82, 2.24) is 0 Å². The van der Waals surface area contributed by atoms with Crippen LogP contribution in [0.15, 0.2) is 135 Å². The molecule has 17 heteroatoms. The molecule has 0 bridgehead atoms. The van der Waals surface area contributed by atoms with Crippen molar-refractivity contribution in [3.05, 3.63) is 266 Å². The molecule has 0 unspecified atom stereocenters. The van der Waals surface area contributed by atoms with Gasteiger partial charge in [0.05, 0.1) is 15.6 Å². The largest absolute Gasteiger partial charge is 0.289 e. The van der Waals surface area contributed by atoms with Gasteiger partial charge in [0.15, 0.2) is 74.8 Å². The summed E-state index contributed by atoms with van der Waals surface area (Å²) in [5.41, 5.74) is -2.32. The SMILES string of the molecule is Cc1c(F)c(F)c(F)c(Br)c1F.Fc1c(F)c(F)c(C2=c3cc4c(cc3-c3ccccc32)=C(c2c(F)c(F)c(F)c(F)c2F)c2ccccc2-4)c(F)c1F.O=c1c2ccccc2c2cc3c(=O)c4ccccc4c3cc12. The Bertz CT molecular complexity index is 4230. The van der Waals surface area contributed by atoms with Crippen molar-refractivity contribution in [2.75, 3.05) is 0 Å². The molecule has 0 heterocycles. The quantitative estimate of drug-likeness (QED) is 0.0982. The van der Waals surface area contributed by atoms with Crippen molar-refractivity contribution in [2.24, 2.45) is 0 Å². The van der Waals surface area contributed by atoms with E-state index in [0.29, 0.717) is 10.8 Å². The maximum Gasteiger partial charge on any atom is 0.200 e. The van der Waals surface area contributed by atoms with Crippen LogP contribution in [0.4, 0.5) is 61.5 Å². The lowest BCUT2D eigenvalue weighted by Crippen LogP contribution is -2.18. The van der Waals surface area contributed by atoms with Crippen LogP contribution in [0.3, 0.4) is 0 Å². The second-order valence-corrected chi connectivity index (χ2v) is 18.4. The predicted octanol–water partition coefficient (Wildman–Crippen LogP) is 14.7. The smallest absolute Gasteiger partial charge is 0.200 e. The number of halogens is 15. The number of fused-ring (bicyclic) bond motifs is 12. The monoisotopic (exact) mass is 1110 g/mol. The molecule has 0 saturated carbocycles. The van der Waals surface area contributed by atoms with Gasteiger partial charge >= 0.3 is 0 Å². The fourth-order valence-corrected chi connectivity index (χ4v) is 10.5. The summed E-state index contributed by atoms with van der Waals surface area (Å²) in [6.07, 6.45) is 0. The van der Waals surface area contributed by atoms with Crippen LogP contribution < -0.4 is 21.3 Å². The zero-order valence-corrected chi connectivity index (χ0v) is 39.6. The third-order valence-corrected chi connectivity index (χ3v) is 14.3. The molecular formula is C59H23BrF14O2. The van der Waals surface area contributed by atoms with Crippen molar-refractivity contribution in [1.29, 1.82) is 0 Å². The third kappa shape index (κ3) is 7.15. The molecule has 0 amide bonds. The predicted molar refractivity (Wildman–Crippen MR) is 262 cm³/mol. The van der Waals surface area contributed by atoms with E-state index >= 15 is 17.6 Å². The van der Waals surface area contributed by atoms with Crippen molar-refractivity contribution in [2.45, 2.75) is 6.92 Å². The van der Waals surface area contributed by atoms with Gasteiger partial charge in [0.1, 0.15) is 5.82 Å². The molecule has 13 rings (SSSR count). The Balaban J connectivity index is 0.000000149. The second kappa shape index (κ2) is 18.1. The van der Waals surface area contributed by atoms with E-state index in [9.17, 15) is 53.5 Å². The summed E-state index contributed by atoms with van der Waals surface area (Å²) >= 11 is 2.46. The van der Waals surface area contributed by atoms with Crippen LogP contribution in [-0.4, -0.2) is 0 Å². The van der Waals surface area contributed by atoms with Gasteiger partial charge in [-0.2, -0.15) is 0 Å². The average molecular weight is 1110 g/mol. The normalized spacial score (nSPS) is 12.3. The summed E-state index contributed by atoms with van der Waals surface area (Å²) in [4.78, 5) is 25.2. The first-order chi connectivity index (χ1) is 36.3. The van der Waals surface area contributed by atoms with E-state index in [1.54, 1.807) is 12.1 Å². The maximum atomic E-state index is 15.1. The van der Waals surface area contributed by atoms with E-state index in [0.717, 1.165) is 39.2 Å². The molecule has 11 aromatic rings. The minimum Gasteiger partial charge on any atom is -0.289 e. The van der Waals surface area contributed by atoms with E-state index in [1.165, 1.54) is 48.5 Å². The van der Waals surface area contributed by atoms with Crippen molar-refractivity contribution in [3.63, 3.8) is 0 Å². The Morgan fingerprint density at radius 1 is 0.289 bits per heavy atom. The summed E-state index contributed by atoms with van der Waals surface area (Å²) in [6.45, 7) is 1.03. The molecule has 2 nitrogen and oxygen atoms in total. The van der Waals surface area contributed by atoms with Crippen LogP contribution >= 0.6 is 15.9 Å². The van der Waals surface area contributed by atoms with Crippen molar-refractivity contribution < 1.29 is 61.5 Å². The lowest BCUT2D eigenvalue weighted by atomic mass is 9.95. The van der Waals surface area contributed by atoms with Gasteiger partial charge in [-0.15, -0.1) is 0 Å². The molecule has 2 aliphatic rings. The van der Waals surface area contributed by atoms with Crippen LogP contribution in [-0.2, 0) is 0 Å². The average Bonchev–Trinajstić information content (AvgIpc) is 4.16. The molecule has 0 N–H and O–H groups in total.